The minimum atomic E-state index is -2.45. The summed E-state index contributed by atoms with van der Waals surface area (Å²) < 4.78 is 58.5. The van der Waals surface area contributed by atoms with Crippen LogP contribution in [0.15, 0.2) is 36.5 Å². The average molecular weight is 656 g/mol. The fourth-order valence-corrected chi connectivity index (χ4v) is 6.10. The molecule has 0 saturated heterocycles. The van der Waals surface area contributed by atoms with E-state index in [1.54, 1.807) is 6.07 Å². The van der Waals surface area contributed by atoms with Crippen molar-refractivity contribution in [3.8, 4) is 22.8 Å². The van der Waals surface area contributed by atoms with E-state index in [-0.39, 0.29) is 53.3 Å². The molecule has 3 heterocycles. The fourth-order valence-electron chi connectivity index (χ4n) is 5.93. The highest BCUT2D eigenvalue weighted by molar-refractivity contribution is 6.31. The number of primary amides is 1. The van der Waals surface area contributed by atoms with Gasteiger partial charge in [-0.15, -0.1) is 0 Å². The number of benzene rings is 2. The molecule has 2 atom stereocenters. The number of methoxy groups -OCH3 is 1. The van der Waals surface area contributed by atoms with Crippen molar-refractivity contribution in [1.29, 1.82) is 0 Å². The minimum absolute atomic E-state index is 0.0474. The van der Waals surface area contributed by atoms with Gasteiger partial charge in [-0.1, -0.05) is 11.6 Å². The van der Waals surface area contributed by atoms with Gasteiger partial charge in [0.05, 0.1) is 30.4 Å². The highest BCUT2D eigenvalue weighted by atomic mass is 35.5. The van der Waals surface area contributed by atoms with Crippen LogP contribution in [0.4, 0.5) is 13.2 Å². The van der Waals surface area contributed by atoms with Crippen molar-refractivity contribution < 1.29 is 37.3 Å². The van der Waals surface area contributed by atoms with E-state index >= 15 is 8.78 Å². The molecular weight excluding hydrogens is 627 g/mol. The van der Waals surface area contributed by atoms with E-state index in [1.165, 1.54) is 26.2 Å². The second-order valence-corrected chi connectivity index (χ2v) is 12.8. The van der Waals surface area contributed by atoms with Crippen LogP contribution in [0.5, 0.6) is 11.5 Å². The van der Waals surface area contributed by atoms with E-state index in [0.29, 0.717) is 28.8 Å². The first-order valence-electron chi connectivity index (χ1n) is 14.7. The molecule has 2 saturated carbocycles. The molecule has 0 spiro atoms. The van der Waals surface area contributed by atoms with Crippen molar-refractivity contribution in [1.82, 2.24) is 20.1 Å². The summed E-state index contributed by atoms with van der Waals surface area (Å²) in [6, 6.07) is 6.26. The van der Waals surface area contributed by atoms with Gasteiger partial charge < -0.3 is 25.6 Å². The van der Waals surface area contributed by atoms with Crippen LogP contribution in [0.1, 0.15) is 60.3 Å². The topological polar surface area (TPSA) is 142 Å². The van der Waals surface area contributed by atoms with Gasteiger partial charge in [0.2, 0.25) is 5.91 Å². The number of nitrogens with zero attached hydrogens (tertiary/aromatic N) is 3. The normalized spacial score (nSPS) is 20.9. The highest BCUT2D eigenvalue weighted by Crippen LogP contribution is 2.55. The number of ether oxygens (including phenoxy) is 2. The molecule has 46 heavy (non-hydrogen) atoms. The number of carbonyl (C=O) groups excluding carboxylic acids is 2. The molecule has 2 aromatic carbocycles. The fraction of sp³-hybridized carbons (Fsp3) is 0.375. The van der Waals surface area contributed by atoms with Crippen LogP contribution >= 0.6 is 11.6 Å². The average Bonchev–Trinajstić information content (AvgIpc) is 3.95. The Bertz CT molecular complexity index is 1960. The Morgan fingerprint density at radius 2 is 1.96 bits per heavy atom. The predicted molar refractivity (Wildman–Crippen MR) is 160 cm³/mol. The van der Waals surface area contributed by atoms with Gasteiger partial charge in [0.1, 0.15) is 52.0 Å². The molecule has 14 heteroatoms. The maximum atomic E-state index is 16.2. The molecule has 0 bridgehead atoms. The highest BCUT2D eigenvalue weighted by Gasteiger charge is 2.62. The van der Waals surface area contributed by atoms with Crippen molar-refractivity contribution in [2.45, 2.75) is 55.3 Å². The number of carbonyl (C=O) groups is 2. The number of rotatable bonds is 9. The minimum Gasteiger partial charge on any atom is -0.494 e. The molecule has 1 aliphatic heterocycles. The predicted octanol–water partition coefficient (Wildman–Crippen LogP) is 4.63. The molecule has 0 radical (unpaired) electrons. The second kappa shape index (κ2) is 10.3. The third kappa shape index (κ3) is 4.66. The van der Waals surface area contributed by atoms with Crippen LogP contribution in [-0.2, 0) is 15.8 Å². The second-order valence-electron chi connectivity index (χ2n) is 12.4. The van der Waals surface area contributed by atoms with Gasteiger partial charge in [-0.05, 0) is 56.9 Å². The number of halogens is 4. The Hall–Kier alpha value is -4.36. The summed E-state index contributed by atoms with van der Waals surface area (Å²) in [5.74, 6) is -3.18. The van der Waals surface area contributed by atoms with Crippen molar-refractivity contribution in [3.05, 3.63) is 70.0 Å². The zero-order valence-electron chi connectivity index (χ0n) is 24.8. The van der Waals surface area contributed by atoms with Crippen LogP contribution in [0.3, 0.4) is 0 Å². The Morgan fingerprint density at radius 3 is 2.61 bits per heavy atom. The van der Waals surface area contributed by atoms with E-state index < -0.39 is 51.7 Å². The smallest absolute Gasteiger partial charge is 0.251 e. The van der Waals surface area contributed by atoms with Crippen LogP contribution in [0, 0.1) is 11.6 Å². The molecule has 240 valence electrons. The zero-order chi connectivity index (χ0) is 32.8. The molecule has 4 N–H and O–H groups in total. The van der Waals surface area contributed by atoms with Crippen molar-refractivity contribution in [2.24, 2.45) is 5.73 Å². The summed E-state index contributed by atoms with van der Waals surface area (Å²) in [5.41, 5.74) is -0.374. The van der Waals surface area contributed by atoms with Gasteiger partial charge in [-0.3, -0.25) is 14.3 Å². The molecule has 0 unspecified atom stereocenters. The monoisotopic (exact) mass is 655 g/mol. The third-order valence-electron chi connectivity index (χ3n) is 9.23. The Morgan fingerprint density at radius 1 is 1.22 bits per heavy atom. The Kier molecular flexibility index (Phi) is 6.80. The number of aliphatic hydroxyl groups is 1. The van der Waals surface area contributed by atoms with Gasteiger partial charge in [-0.2, -0.15) is 5.10 Å². The number of aromatic nitrogens is 3. The number of pyridine rings is 1. The number of alkyl halides is 1. The summed E-state index contributed by atoms with van der Waals surface area (Å²) in [4.78, 5) is 30.5. The maximum absolute atomic E-state index is 16.2. The number of nitrogens with two attached hydrogens (primary N) is 1. The molecule has 3 aliphatic rings. The van der Waals surface area contributed by atoms with E-state index in [9.17, 15) is 19.1 Å². The molecule has 4 aromatic rings. The van der Waals surface area contributed by atoms with E-state index in [2.05, 4.69) is 15.4 Å². The lowest BCUT2D eigenvalue weighted by Gasteiger charge is -2.33. The number of hydrogen-bond donors (Lipinski definition) is 3. The van der Waals surface area contributed by atoms with Gasteiger partial charge in [0.15, 0.2) is 5.60 Å². The van der Waals surface area contributed by atoms with E-state index in [1.807, 2.05) is 10.9 Å². The lowest BCUT2D eigenvalue weighted by molar-refractivity contribution is -0.123. The molecular formula is C32H29ClF3N5O5. The SMILES string of the molecule is COc1cc(C(=O)NC[C@](O)(c2cc3c(c(-c4cc(Cl)c(F)cc4F)n2)OC[C@]3(C)C(N)=O)C2(F)CC2)cc2cn(C3CC3)nc12. The number of fused-ring (bicyclic) bond motifs is 2. The zero-order valence-corrected chi connectivity index (χ0v) is 25.6. The molecule has 2 aliphatic carbocycles. The molecule has 10 nitrogen and oxygen atoms in total. The molecule has 2 fully saturated rings. The molecule has 2 amide bonds. The third-order valence-corrected chi connectivity index (χ3v) is 9.52. The van der Waals surface area contributed by atoms with Crippen molar-refractivity contribution >= 4 is 34.3 Å². The molecule has 2 aromatic heterocycles. The van der Waals surface area contributed by atoms with Crippen LogP contribution < -0.4 is 20.5 Å². The van der Waals surface area contributed by atoms with Crippen LogP contribution in [0.25, 0.3) is 22.2 Å². The van der Waals surface area contributed by atoms with Gasteiger partial charge in [-0.25, -0.2) is 18.2 Å². The van der Waals surface area contributed by atoms with Crippen LogP contribution in [-0.4, -0.2) is 57.6 Å². The summed E-state index contributed by atoms with van der Waals surface area (Å²) in [7, 11) is 1.46. The van der Waals surface area contributed by atoms with Gasteiger partial charge in [0, 0.05) is 34.3 Å². The first-order valence-corrected chi connectivity index (χ1v) is 15.1. The molecule has 7 rings (SSSR count). The Balaban J connectivity index is 1.30. The van der Waals surface area contributed by atoms with Crippen LogP contribution in [0.2, 0.25) is 5.02 Å². The quantitative estimate of drug-likeness (QED) is 0.223. The summed E-state index contributed by atoms with van der Waals surface area (Å²) in [5, 5.41) is 19.5. The Labute approximate surface area is 265 Å². The maximum Gasteiger partial charge on any atom is 0.251 e. The van der Waals surface area contributed by atoms with Crippen molar-refractivity contribution in [3.63, 3.8) is 0 Å². The summed E-state index contributed by atoms with van der Waals surface area (Å²) >= 11 is 5.97. The first kappa shape index (κ1) is 30.3. The largest absolute Gasteiger partial charge is 0.494 e. The number of amides is 2. The van der Waals surface area contributed by atoms with Gasteiger partial charge in [0.25, 0.3) is 5.91 Å². The lowest BCUT2D eigenvalue weighted by Crippen LogP contribution is -2.49. The standard InChI is InChI=1S/C32H29ClF3N5O5/c1-30(29(37)43)14-46-27-19(30)10-24(39-26(27)18-9-20(33)22(35)11-21(18)34)32(44,31(36)5-6-31)13-38-28(42)15-7-16-12-41(17-3-4-17)40-25(16)23(8-15)45-2/h7-12,17,44H,3-6,13-14H2,1-2H3,(H2,37,43)(H,38,42)/t30-,32-/m0/s1. The van der Waals surface area contributed by atoms with E-state index in [4.69, 9.17) is 26.8 Å². The summed E-state index contributed by atoms with van der Waals surface area (Å²) in [6.07, 6.45) is 3.73. The number of hydrogen-bond acceptors (Lipinski definition) is 7. The lowest BCUT2D eigenvalue weighted by atomic mass is 9.80. The van der Waals surface area contributed by atoms with Gasteiger partial charge >= 0.3 is 0 Å². The number of nitrogens with one attached hydrogen (secondary N) is 1. The first-order chi connectivity index (χ1) is 21.8. The van der Waals surface area contributed by atoms with Crippen molar-refractivity contribution in [2.75, 3.05) is 20.3 Å². The van der Waals surface area contributed by atoms with E-state index in [0.717, 1.165) is 18.9 Å². The summed E-state index contributed by atoms with van der Waals surface area (Å²) in [6.45, 7) is 0.598.